The van der Waals surface area contributed by atoms with Crippen LogP contribution < -0.4 is 16.3 Å². The van der Waals surface area contributed by atoms with Crippen molar-refractivity contribution >= 4 is 29.4 Å². The molecular formula is C17H16ClN5O3. The standard InChI is InChI=1S/C17H16ClN5O3/c18-13-6-4-12(5-7-13)15-9-16(21-20-15)17(24)22-19-10-11-2-1-3-14(8-11)23(25)26/h1-8,10,15-16,20-21H,9H2,(H,22,24)/b19-10+. The number of nitrogens with one attached hydrogen (secondary N) is 3. The topological polar surface area (TPSA) is 109 Å². The largest absolute Gasteiger partial charge is 0.271 e. The highest BCUT2D eigenvalue weighted by molar-refractivity contribution is 6.30. The van der Waals surface area contributed by atoms with Gasteiger partial charge in [0.15, 0.2) is 0 Å². The van der Waals surface area contributed by atoms with Gasteiger partial charge >= 0.3 is 0 Å². The summed E-state index contributed by atoms with van der Waals surface area (Å²) in [6, 6.07) is 12.9. The monoisotopic (exact) mass is 373 g/mol. The van der Waals surface area contributed by atoms with E-state index in [1.807, 2.05) is 12.1 Å². The van der Waals surface area contributed by atoms with Crippen molar-refractivity contribution in [2.24, 2.45) is 5.10 Å². The second-order valence-corrected chi connectivity index (χ2v) is 6.20. The molecule has 0 spiro atoms. The van der Waals surface area contributed by atoms with Gasteiger partial charge in [-0.2, -0.15) is 5.10 Å². The number of rotatable bonds is 5. The van der Waals surface area contributed by atoms with Crippen molar-refractivity contribution in [1.29, 1.82) is 0 Å². The second kappa shape index (κ2) is 8.05. The van der Waals surface area contributed by atoms with Crippen molar-refractivity contribution < 1.29 is 9.72 Å². The Labute approximate surface area is 154 Å². The Bertz CT molecular complexity index is 841. The first-order chi connectivity index (χ1) is 12.5. The van der Waals surface area contributed by atoms with Gasteiger partial charge in [0.25, 0.3) is 11.6 Å². The fourth-order valence-electron chi connectivity index (χ4n) is 2.61. The van der Waals surface area contributed by atoms with E-state index >= 15 is 0 Å². The minimum absolute atomic E-state index is 0.0104. The Morgan fingerprint density at radius 1 is 1.27 bits per heavy atom. The summed E-state index contributed by atoms with van der Waals surface area (Å²) >= 11 is 5.88. The molecule has 8 nitrogen and oxygen atoms in total. The van der Waals surface area contributed by atoms with Gasteiger partial charge in [-0.05, 0) is 24.1 Å². The number of carbonyl (C=O) groups is 1. The van der Waals surface area contributed by atoms with Crippen LogP contribution >= 0.6 is 11.6 Å². The van der Waals surface area contributed by atoms with Crippen molar-refractivity contribution in [3.8, 4) is 0 Å². The maximum absolute atomic E-state index is 12.2. The fourth-order valence-corrected chi connectivity index (χ4v) is 2.73. The molecule has 0 aromatic heterocycles. The van der Waals surface area contributed by atoms with Crippen molar-refractivity contribution in [2.45, 2.75) is 18.5 Å². The third kappa shape index (κ3) is 4.42. The van der Waals surface area contributed by atoms with Gasteiger partial charge < -0.3 is 0 Å². The van der Waals surface area contributed by atoms with Gasteiger partial charge in [0.05, 0.1) is 11.1 Å². The van der Waals surface area contributed by atoms with E-state index in [4.69, 9.17) is 11.6 Å². The van der Waals surface area contributed by atoms with Crippen LogP contribution in [0.15, 0.2) is 53.6 Å². The molecule has 1 aliphatic rings. The van der Waals surface area contributed by atoms with E-state index in [9.17, 15) is 14.9 Å². The first-order valence-electron chi connectivity index (χ1n) is 7.87. The molecule has 9 heteroatoms. The summed E-state index contributed by atoms with van der Waals surface area (Å²) in [5.74, 6) is -0.296. The highest BCUT2D eigenvalue weighted by Gasteiger charge is 2.29. The van der Waals surface area contributed by atoms with Crippen LogP contribution in [-0.4, -0.2) is 23.1 Å². The minimum atomic E-state index is -0.485. The first-order valence-corrected chi connectivity index (χ1v) is 8.24. The zero-order valence-corrected chi connectivity index (χ0v) is 14.3. The molecule has 2 aromatic rings. The van der Waals surface area contributed by atoms with Gasteiger partial charge in [0, 0.05) is 28.8 Å². The Morgan fingerprint density at radius 2 is 2.04 bits per heavy atom. The number of amides is 1. The maximum Gasteiger partial charge on any atom is 0.270 e. The summed E-state index contributed by atoms with van der Waals surface area (Å²) in [5, 5.41) is 15.3. The molecule has 0 bridgehead atoms. The Balaban J connectivity index is 1.55. The summed E-state index contributed by atoms with van der Waals surface area (Å²) in [7, 11) is 0. The molecule has 2 atom stereocenters. The lowest BCUT2D eigenvalue weighted by Gasteiger charge is -2.09. The van der Waals surface area contributed by atoms with Crippen LogP contribution in [0.5, 0.6) is 0 Å². The van der Waals surface area contributed by atoms with Crippen LogP contribution in [0.3, 0.4) is 0 Å². The van der Waals surface area contributed by atoms with E-state index in [1.54, 1.807) is 24.3 Å². The van der Waals surface area contributed by atoms with E-state index in [1.165, 1.54) is 18.3 Å². The molecule has 2 aromatic carbocycles. The molecule has 1 saturated heterocycles. The molecule has 2 unspecified atom stereocenters. The summed E-state index contributed by atoms with van der Waals surface area (Å²) in [6.45, 7) is 0. The van der Waals surface area contributed by atoms with E-state index < -0.39 is 11.0 Å². The summed E-state index contributed by atoms with van der Waals surface area (Å²) in [4.78, 5) is 22.4. The maximum atomic E-state index is 12.2. The average Bonchev–Trinajstić information content (AvgIpc) is 3.13. The Morgan fingerprint density at radius 3 is 2.77 bits per heavy atom. The van der Waals surface area contributed by atoms with Crippen molar-refractivity contribution in [3.05, 3.63) is 74.8 Å². The van der Waals surface area contributed by atoms with Gasteiger partial charge in [0.2, 0.25) is 0 Å². The van der Waals surface area contributed by atoms with Crippen LogP contribution in [0.2, 0.25) is 5.02 Å². The normalized spacial score (nSPS) is 19.6. The van der Waals surface area contributed by atoms with Crippen molar-refractivity contribution in [3.63, 3.8) is 0 Å². The number of hydrogen-bond acceptors (Lipinski definition) is 6. The molecule has 1 aliphatic heterocycles. The number of hydrogen-bond donors (Lipinski definition) is 3. The molecular weight excluding hydrogens is 358 g/mol. The number of nitro benzene ring substituents is 1. The van der Waals surface area contributed by atoms with Gasteiger partial charge in [-0.25, -0.2) is 16.3 Å². The van der Waals surface area contributed by atoms with Gasteiger partial charge in [0.1, 0.15) is 6.04 Å². The highest BCUT2D eigenvalue weighted by Crippen LogP contribution is 2.23. The molecule has 3 rings (SSSR count). The number of hydrazone groups is 1. The van der Waals surface area contributed by atoms with E-state index in [2.05, 4.69) is 21.4 Å². The van der Waals surface area contributed by atoms with Gasteiger partial charge in [-0.15, -0.1) is 0 Å². The Kier molecular flexibility index (Phi) is 5.57. The number of halogens is 1. The quantitative estimate of drug-likeness (QED) is 0.423. The molecule has 0 aliphatic carbocycles. The van der Waals surface area contributed by atoms with Crippen molar-refractivity contribution in [2.75, 3.05) is 0 Å². The summed E-state index contributed by atoms with van der Waals surface area (Å²) in [6.07, 6.45) is 1.92. The SMILES string of the molecule is O=C(N/N=C/c1cccc([N+](=O)[O-])c1)C1CC(c2ccc(Cl)cc2)NN1. The number of hydrazine groups is 1. The van der Waals surface area contributed by atoms with Gasteiger partial charge in [-0.3, -0.25) is 14.9 Å². The van der Waals surface area contributed by atoms with Crippen LogP contribution in [0.25, 0.3) is 0 Å². The van der Waals surface area contributed by atoms with Crippen LogP contribution in [-0.2, 0) is 4.79 Å². The number of benzene rings is 2. The zero-order valence-electron chi connectivity index (χ0n) is 13.6. The molecule has 3 N–H and O–H groups in total. The predicted octanol–water partition coefficient (Wildman–Crippen LogP) is 2.31. The van der Waals surface area contributed by atoms with E-state index in [-0.39, 0.29) is 17.6 Å². The molecule has 0 saturated carbocycles. The van der Waals surface area contributed by atoms with Crippen molar-refractivity contribution in [1.82, 2.24) is 16.3 Å². The number of nitrogens with zero attached hydrogens (tertiary/aromatic N) is 2. The lowest BCUT2D eigenvalue weighted by molar-refractivity contribution is -0.384. The second-order valence-electron chi connectivity index (χ2n) is 5.77. The number of nitro groups is 1. The molecule has 0 radical (unpaired) electrons. The third-order valence-electron chi connectivity index (χ3n) is 3.96. The smallest absolute Gasteiger partial charge is 0.270 e. The first kappa shape index (κ1) is 18.0. The average molecular weight is 374 g/mol. The third-order valence-corrected chi connectivity index (χ3v) is 4.21. The lowest BCUT2D eigenvalue weighted by atomic mass is 10.0. The summed E-state index contributed by atoms with van der Waals surface area (Å²) in [5.41, 5.74) is 9.96. The minimum Gasteiger partial charge on any atom is -0.271 e. The van der Waals surface area contributed by atoms with Gasteiger partial charge in [-0.1, -0.05) is 35.9 Å². The Hall–Kier alpha value is -2.81. The van der Waals surface area contributed by atoms with Crippen LogP contribution in [0.1, 0.15) is 23.6 Å². The lowest BCUT2D eigenvalue weighted by Crippen LogP contribution is -2.41. The highest BCUT2D eigenvalue weighted by atomic mass is 35.5. The fraction of sp³-hybridized carbons (Fsp3) is 0.176. The molecule has 1 heterocycles. The molecule has 134 valence electrons. The van der Waals surface area contributed by atoms with Crippen LogP contribution in [0.4, 0.5) is 5.69 Å². The molecule has 1 amide bonds. The van der Waals surface area contributed by atoms with Crippen LogP contribution in [0, 0.1) is 10.1 Å². The summed E-state index contributed by atoms with van der Waals surface area (Å²) < 4.78 is 0. The number of carbonyl (C=O) groups excluding carboxylic acids is 1. The number of non-ortho nitro benzene ring substituents is 1. The zero-order chi connectivity index (χ0) is 18.5. The van der Waals surface area contributed by atoms with E-state index in [0.29, 0.717) is 17.0 Å². The molecule has 1 fully saturated rings. The molecule has 26 heavy (non-hydrogen) atoms. The predicted molar refractivity (Wildman–Crippen MR) is 97.7 cm³/mol. The van der Waals surface area contributed by atoms with E-state index in [0.717, 1.165) is 5.56 Å².